The maximum Gasteiger partial charge on any atom is 0.422 e. The van der Waals surface area contributed by atoms with E-state index in [0.717, 1.165) is 0 Å². The predicted molar refractivity (Wildman–Crippen MR) is 107 cm³/mol. The second-order valence-corrected chi connectivity index (χ2v) is 7.04. The fraction of sp³-hybridized carbons (Fsp3) is 0.333. The molecular weight excluding hydrogens is 455 g/mol. The summed E-state index contributed by atoms with van der Waals surface area (Å²) >= 11 is 6.23. The molecule has 2 N–H and O–H groups in total. The van der Waals surface area contributed by atoms with Gasteiger partial charge in [-0.05, 0) is 6.07 Å². The van der Waals surface area contributed by atoms with Crippen molar-refractivity contribution in [3.05, 3.63) is 35.6 Å². The summed E-state index contributed by atoms with van der Waals surface area (Å²) < 4.78 is 53.7. The molecule has 10 nitrogen and oxygen atoms in total. The van der Waals surface area contributed by atoms with E-state index >= 15 is 0 Å². The van der Waals surface area contributed by atoms with Crippen LogP contribution < -0.4 is 4.74 Å². The van der Waals surface area contributed by atoms with Crippen LogP contribution in [0.2, 0.25) is 5.02 Å². The highest BCUT2D eigenvalue weighted by Gasteiger charge is 2.45. The summed E-state index contributed by atoms with van der Waals surface area (Å²) in [5.41, 5.74) is 1.91. The number of fused-ring (bicyclic) bond motifs is 1. The summed E-state index contributed by atoms with van der Waals surface area (Å²) in [7, 11) is 3.11. The van der Waals surface area contributed by atoms with Gasteiger partial charge in [-0.2, -0.15) is 18.3 Å². The first-order valence-corrected chi connectivity index (χ1v) is 9.57. The van der Waals surface area contributed by atoms with Gasteiger partial charge in [0.2, 0.25) is 12.0 Å². The molecular formula is C18H17ClF3N7O3. The second kappa shape index (κ2) is 8.41. The summed E-state index contributed by atoms with van der Waals surface area (Å²) in [5.74, 6) is -0.391. The number of nitrogens with one attached hydrogen (secondary N) is 1. The van der Waals surface area contributed by atoms with Gasteiger partial charge >= 0.3 is 6.18 Å². The fourth-order valence-corrected chi connectivity index (χ4v) is 3.54. The van der Waals surface area contributed by atoms with Crippen molar-refractivity contribution in [3.8, 4) is 23.1 Å². The zero-order valence-electron chi connectivity index (χ0n) is 16.8. The number of imidazole rings is 1. The third-order valence-corrected chi connectivity index (χ3v) is 4.93. The number of H-pyrrole nitrogens is 1. The highest BCUT2D eigenvalue weighted by atomic mass is 35.5. The molecule has 0 aliphatic heterocycles. The Morgan fingerprint density at radius 3 is 2.72 bits per heavy atom. The van der Waals surface area contributed by atoms with E-state index in [1.165, 1.54) is 13.4 Å². The van der Waals surface area contributed by atoms with Crippen molar-refractivity contribution >= 4 is 22.6 Å². The highest BCUT2D eigenvalue weighted by Crippen LogP contribution is 2.39. The number of halogens is 4. The van der Waals surface area contributed by atoms with Crippen molar-refractivity contribution in [3.63, 3.8) is 0 Å². The number of hydrogen-bond donors (Lipinski definition) is 2. The van der Waals surface area contributed by atoms with E-state index in [1.54, 1.807) is 34.6 Å². The number of aryl methyl sites for hydroxylation is 1. The number of methoxy groups -OCH3 is 1. The molecule has 0 saturated carbocycles. The van der Waals surface area contributed by atoms with Crippen LogP contribution in [0.4, 0.5) is 13.2 Å². The number of rotatable bonds is 7. The van der Waals surface area contributed by atoms with Crippen molar-refractivity contribution in [1.82, 2.24) is 34.3 Å². The number of aromatic amines is 1. The molecule has 4 rings (SSSR count). The molecule has 0 unspecified atom stereocenters. The third kappa shape index (κ3) is 3.78. The molecule has 0 aliphatic carbocycles. The van der Waals surface area contributed by atoms with Crippen molar-refractivity contribution in [2.75, 3.05) is 20.3 Å². The summed E-state index contributed by atoms with van der Waals surface area (Å²) in [4.78, 5) is 12.6. The maximum absolute atomic E-state index is 13.5. The average Bonchev–Trinajstić information content (AvgIpc) is 3.47. The van der Waals surface area contributed by atoms with Gasteiger partial charge in [0.15, 0.2) is 11.6 Å². The first-order valence-electron chi connectivity index (χ1n) is 9.19. The molecule has 4 heterocycles. The Morgan fingerprint density at radius 1 is 1.31 bits per heavy atom. The molecule has 32 heavy (non-hydrogen) atoms. The summed E-state index contributed by atoms with van der Waals surface area (Å²) in [6.45, 7) is -1.10. The number of aromatic nitrogens is 7. The quantitative estimate of drug-likeness (QED) is 0.426. The minimum atomic E-state index is -4.77. The van der Waals surface area contributed by atoms with Gasteiger partial charge in [-0.25, -0.2) is 15.0 Å². The summed E-state index contributed by atoms with van der Waals surface area (Å²) in [5, 5.41) is 15.4. The normalized spacial score (nSPS) is 13.1. The number of hydrogen-bond acceptors (Lipinski definition) is 7. The van der Waals surface area contributed by atoms with Gasteiger partial charge in [0, 0.05) is 19.4 Å². The van der Waals surface area contributed by atoms with Gasteiger partial charge in [0.25, 0.3) is 0 Å². The van der Waals surface area contributed by atoms with E-state index in [1.807, 2.05) is 0 Å². The summed E-state index contributed by atoms with van der Waals surface area (Å²) in [6.07, 6.45) is -2.46. The van der Waals surface area contributed by atoms with E-state index in [0.29, 0.717) is 22.4 Å². The zero-order chi connectivity index (χ0) is 23.0. The molecule has 1 atom stereocenters. The Labute approximate surface area is 183 Å². The lowest BCUT2D eigenvalue weighted by Crippen LogP contribution is -2.26. The van der Waals surface area contributed by atoms with Crippen LogP contribution in [0, 0.1) is 0 Å². The Morgan fingerprint density at radius 2 is 2.09 bits per heavy atom. The molecule has 0 fully saturated rings. The molecule has 0 saturated heterocycles. The molecule has 4 aromatic rings. The van der Waals surface area contributed by atoms with Crippen LogP contribution in [-0.2, 0) is 11.8 Å². The molecule has 0 bridgehead atoms. The number of alkyl halides is 3. The minimum absolute atomic E-state index is 0.0427. The van der Waals surface area contributed by atoms with Crippen LogP contribution in [0.25, 0.3) is 28.2 Å². The van der Waals surface area contributed by atoms with Crippen LogP contribution in [0.3, 0.4) is 0 Å². The van der Waals surface area contributed by atoms with Gasteiger partial charge in [-0.15, -0.1) is 0 Å². The lowest BCUT2D eigenvalue weighted by atomic mass is 10.3. The number of aliphatic hydroxyl groups is 1. The number of aliphatic hydroxyl groups excluding tert-OH is 1. The molecule has 0 aromatic carbocycles. The van der Waals surface area contributed by atoms with E-state index in [-0.39, 0.29) is 16.7 Å². The topological polar surface area (TPSA) is 116 Å². The van der Waals surface area contributed by atoms with Crippen molar-refractivity contribution in [1.29, 1.82) is 0 Å². The van der Waals surface area contributed by atoms with Gasteiger partial charge in [0.05, 0.1) is 32.2 Å². The Balaban J connectivity index is 1.92. The molecule has 14 heteroatoms. The molecule has 4 aromatic heterocycles. The van der Waals surface area contributed by atoms with Crippen LogP contribution in [0.15, 0.2) is 24.8 Å². The highest BCUT2D eigenvalue weighted by molar-refractivity contribution is 6.32. The van der Waals surface area contributed by atoms with Gasteiger partial charge in [-0.3, -0.25) is 5.10 Å². The largest absolute Gasteiger partial charge is 0.480 e. The SMILES string of the molecule is COc1nc2c(-n3ccnc3)c(-c3nc([C@@H](OCCO)C(F)(F)F)n[nH]3)n(C)c2cc1Cl. The molecule has 0 radical (unpaired) electrons. The molecule has 0 amide bonds. The van der Waals surface area contributed by atoms with E-state index in [2.05, 4.69) is 25.1 Å². The van der Waals surface area contributed by atoms with Crippen LogP contribution >= 0.6 is 11.6 Å². The second-order valence-electron chi connectivity index (χ2n) is 6.63. The lowest BCUT2D eigenvalue weighted by molar-refractivity contribution is -0.227. The monoisotopic (exact) mass is 471 g/mol. The standard InChI is InChI=1S/C18H17ClF3N7O3/c1-28-10-7-9(19)17(31-2)24-11(10)12(29-4-3-23-8-29)13(28)15-25-16(27-26-15)14(18(20,21)22)32-6-5-30/h3-4,7-8,14,30H,5-6H2,1-2H3,(H,25,26,27)/t14-/m1/s1. The van der Waals surface area contributed by atoms with Crippen LogP contribution in [0.5, 0.6) is 5.88 Å². The third-order valence-electron chi connectivity index (χ3n) is 4.66. The predicted octanol–water partition coefficient (Wildman–Crippen LogP) is 2.82. The fourth-order valence-electron chi connectivity index (χ4n) is 3.32. The molecule has 170 valence electrons. The maximum atomic E-state index is 13.5. The van der Waals surface area contributed by atoms with Gasteiger partial charge in [-0.1, -0.05) is 11.6 Å². The van der Waals surface area contributed by atoms with Crippen molar-refractivity contribution < 1.29 is 27.8 Å². The van der Waals surface area contributed by atoms with E-state index in [9.17, 15) is 13.2 Å². The Kier molecular flexibility index (Phi) is 5.79. The van der Waals surface area contributed by atoms with E-state index < -0.39 is 31.3 Å². The smallest absolute Gasteiger partial charge is 0.422 e. The first kappa shape index (κ1) is 22.0. The number of nitrogens with zero attached hydrogens (tertiary/aromatic N) is 6. The van der Waals surface area contributed by atoms with Crippen LogP contribution in [-0.4, -0.2) is 65.9 Å². The van der Waals surface area contributed by atoms with Gasteiger partial charge in [0.1, 0.15) is 21.9 Å². The van der Waals surface area contributed by atoms with E-state index in [4.69, 9.17) is 26.2 Å². The Hall–Kier alpha value is -3.16. The lowest BCUT2D eigenvalue weighted by Gasteiger charge is -2.17. The first-order chi connectivity index (χ1) is 15.3. The molecule has 0 aliphatic rings. The van der Waals surface area contributed by atoms with Crippen molar-refractivity contribution in [2.24, 2.45) is 7.05 Å². The summed E-state index contributed by atoms with van der Waals surface area (Å²) in [6, 6.07) is 1.63. The molecule has 0 spiro atoms. The van der Waals surface area contributed by atoms with Gasteiger partial charge < -0.3 is 23.7 Å². The number of ether oxygens (including phenoxy) is 2. The number of pyridine rings is 1. The van der Waals surface area contributed by atoms with Crippen LogP contribution in [0.1, 0.15) is 11.9 Å². The average molecular weight is 472 g/mol. The zero-order valence-corrected chi connectivity index (χ0v) is 17.5. The minimum Gasteiger partial charge on any atom is -0.480 e. The Bertz CT molecular complexity index is 1240. The van der Waals surface area contributed by atoms with Crippen molar-refractivity contribution in [2.45, 2.75) is 12.3 Å².